The molecule has 1 aromatic heterocycles. The summed E-state index contributed by atoms with van der Waals surface area (Å²) in [6, 6.07) is 17.9. The Morgan fingerprint density at radius 2 is 1.84 bits per heavy atom. The molecule has 1 heterocycles. The van der Waals surface area contributed by atoms with Gasteiger partial charge < -0.3 is 10.6 Å². The third-order valence-corrected chi connectivity index (χ3v) is 4.00. The van der Waals surface area contributed by atoms with E-state index in [-0.39, 0.29) is 11.6 Å². The maximum absolute atomic E-state index is 12.4. The third-order valence-electron chi connectivity index (χ3n) is 3.31. The van der Waals surface area contributed by atoms with Crippen molar-refractivity contribution in [2.75, 3.05) is 10.6 Å². The lowest BCUT2D eigenvalue weighted by Gasteiger charge is -2.08. The molecule has 0 aliphatic carbocycles. The topological polar surface area (TPSA) is 90.7 Å². The quantitative estimate of drug-likeness (QED) is 0.695. The Kier molecular flexibility index (Phi) is 5.02. The fraction of sp³-hybridized carbons (Fsp3) is 0. The van der Waals surface area contributed by atoms with E-state index in [2.05, 4.69) is 42.6 Å². The number of carbonyl (C=O) groups excluding carboxylic acids is 1. The van der Waals surface area contributed by atoms with Gasteiger partial charge in [0, 0.05) is 16.2 Å². The Balaban J connectivity index is 1.75. The summed E-state index contributed by atoms with van der Waals surface area (Å²) in [5.74, 6) is 0.147. The summed E-state index contributed by atoms with van der Waals surface area (Å²) < 4.78 is 0.785. The van der Waals surface area contributed by atoms with Crippen molar-refractivity contribution in [1.82, 2.24) is 9.97 Å². The molecule has 122 valence electrons. The SMILES string of the molecule is N#Cc1ccc(Nc2cc(C(=O)Nc3ccccc3Br)ncn2)cc1. The summed E-state index contributed by atoms with van der Waals surface area (Å²) in [7, 11) is 0. The van der Waals surface area contributed by atoms with Crippen molar-refractivity contribution in [2.24, 2.45) is 0 Å². The highest BCUT2D eigenvalue weighted by atomic mass is 79.9. The monoisotopic (exact) mass is 393 g/mol. The third kappa shape index (κ3) is 4.19. The lowest BCUT2D eigenvalue weighted by Crippen LogP contribution is -2.14. The summed E-state index contributed by atoms with van der Waals surface area (Å²) in [5.41, 5.74) is 2.23. The van der Waals surface area contributed by atoms with Crippen LogP contribution in [0, 0.1) is 11.3 Å². The molecule has 6 nitrogen and oxygen atoms in total. The highest BCUT2D eigenvalue weighted by Gasteiger charge is 2.11. The van der Waals surface area contributed by atoms with Gasteiger partial charge in [0.25, 0.3) is 5.91 Å². The second-order valence-corrected chi connectivity index (χ2v) is 5.89. The van der Waals surface area contributed by atoms with E-state index in [1.807, 2.05) is 18.2 Å². The van der Waals surface area contributed by atoms with Crippen molar-refractivity contribution in [3.8, 4) is 6.07 Å². The molecule has 0 aliphatic rings. The van der Waals surface area contributed by atoms with Crippen molar-refractivity contribution < 1.29 is 4.79 Å². The Bertz CT molecular complexity index is 950. The zero-order valence-corrected chi connectivity index (χ0v) is 14.5. The molecule has 0 unspecified atom stereocenters. The van der Waals surface area contributed by atoms with Crippen LogP contribution in [0.4, 0.5) is 17.2 Å². The fourth-order valence-corrected chi connectivity index (χ4v) is 2.46. The molecule has 2 aromatic carbocycles. The van der Waals surface area contributed by atoms with E-state index in [1.165, 1.54) is 6.33 Å². The molecule has 2 N–H and O–H groups in total. The van der Waals surface area contributed by atoms with Crippen molar-refractivity contribution in [2.45, 2.75) is 0 Å². The number of amides is 1. The van der Waals surface area contributed by atoms with Gasteiger partial charge in [-0.3, -0.25) is 4.79 Å². The number of benzene rings is 2. The molecular weight excluding hydrogens is 382 g/mol. The van der Waals surface area contributed by atoms with E-state index in [0.717, 1.165) is 10.2 Å². The predicted octanol–water partition coefficient (Wildman–Crippen LogP) is 4.11. The largest absolute Gasteiger partial charge is 0.340 e. The maximum atomic E-state index is 12.4. The van der Waals surface area contributed by atoms with Gasteiger partial charge in [0.15, 0.2) is 0 Å². The minimum Gasteiger partial charge on any atom is -0.340 e. The number of hydrogen-bond donors (Lipinski definition) is 2. The number of hydrogen-bond acceptors (Lipinski definition) is 5. The van der Waals surface area contributed by atoms with Crippen LogP contribution in [0.25, 0.3) is 0 Å². The van der Waals surface area contributed by atoms with Crippen LogP contribution in [-0.2, 0) is 0 Å². The Morgan fingerprint density at radius 1 is 1.08 bits per heavy atom. The van der Waals surface area contributed by atoms with Gasteiger partial charge in [-0.2, -0.15) is 5.26 Å². The van der Waals surface area contributed by atoms with E-state index < -0.39 is 0 Å². The van der Waals surface area contributed by atoms with E-state index in [9.17, 15) is 4.79 Å². The second-order valence-electron chi connectivity index (χ2n) is 5.04. The number of nitrogens with one attached hydrogen (secondary N) is 2. The molecule has 7 heteroatoms. The summed E-state index contributed by atoms with van der Waals surface area (Å²) in [6.45, 7) is 0. The highest BCUT2D eigenvalue weighted by molar-refractivity contribution is 9.10. The Labute approximate surface area is 152 Å². The lowest BCUT2D eigenvalue weighted by atomic mass is 10.2. The number of rotatable bonds is 4. The first-order valence-corrected chi connectivity index (χ1v) is 8.10. The van der Waals surface area contributed by atoms with Crippen molar-refractivity contribution >= 4 is 39.0 Å². The zero-order chi connectivity index (χ0) is 17.6. The summed E-state index contributed by atoms with van der Waals surface area (Å²) in [6.07, 6.45) is 1.32. The Hall–Kier alpha value is -3.24. The molecule has 0 saturated carbocycles. The van der Waals surface area contributed by atoms with E-state index in [4.69, 9.17) is 5.26 Å². The minimum atomic E-state index is -0.336. The summed E-state index contributed by atoms with van der Waals surface area (Å²) >= 11 is 3.39. The number of anilines is 3. The average molecular weight is 394 g/mol. The van der Waals surface area contributed by atoms with Crippen molar-refractivity contribution in [1.29, 1.82) is 5.26 Å². The van der Waals surface area contributed by atoms with Crippen molar-refractivity contribution in [3.63, 3.8) is 0 Å². The molecule has 0 aliphatic heterocycles. The molecular formula is C18H12BrN5O. The number of aromatic nitrogens is 2. The maximum Gasteiger partial charge on any atom is 0.274 e. The number of para-hydroxylation sites is 1. The number of halogens is 1. The van der Waals surface area contributed by atoms with Gasteiger partial charge in [0.1, 0.15) is 17.8 Å². The van der Waals surface area contributed by atoms with Crippen LogP contribution in [0.2, 0.25) is 0 Å². The molecule has 3 aromatic rings. The molecule has 0 radical (unpaired) electrons. The average Bonchev–Trinajstić information content (AvgIpc) is 2.64. The predicted molar refractivity (Wildman–Crippen MR) is 98.6 cm³/mol. The first kappa shape index (κ1) is 16.6. The Morgan fingerprint density at radius 3 is 2.56 bits per heavy atom. The van der Waals surface area contributed by atoms with Crippen LogP contribution < -0.4 is 10.6 Å². The lowest BCUT2D eigenvalue weighted by molar-refractivity contribution is 0.102. The minimum absolute atomic E-state index is 0.238. The fourth-order valence-electron chi connectivity index (χ4n) is 2.07. The zero-order valence-electron chi connectivity index (χ0n) is 12.9. The smallest absolute Gasteiger partial charge is 0.274 e. The molecule has 25 heavy (non-hydrogen) atoms. The molecule has 0 saturated heterocycles. The highest BCUT2D eigenvalue weighted by Crippen LogP contribution is 2.22. The standard InChI is InChI=1S/C18H12BrN5O/c19-14-3-1-2-4-15(14)24-18(25)16-9-17(22-11-21-16)23-13-7-5-12(10-20)6-8-13/h1-9,11H,(H,24,25)(H,21,22,23). The molecule has 1 amide bonds. The van der Waals surface area contributed by atoms with Gasteiger partial charge in [0.2, 0.25) is 0 Å². The van der Waals surface area contributed by atoms with E-state index >= 15 is 0 Å². The van der Waals surface area contributed by atoms with Gasteiger partial charge in [-0.25, -0.2) is 9.97 Å². The number of nitrogens with zero attached hydrogens (tertiary/aromatic N) is 3. The van der Waals surface area contributed by atoms with Crippen LogP contribution in [-0.4, -0.2) is 15.9 Å². The van der Waals surface area contributed by atoms with E-state index in [1.54, 1.807) is 36.4 Å². The second kappa shape index (κ2) is 7.55. The van der Waals surface area contributed by atoms with E-state index in [0.29, 0.717) is 17.1 Å². The van der Waals surface area contributed by atoms with Crippen LogP contribution in [0.1, 0.15) is 16.1 Å². The first-order chi connectivity index (χ1) is 12.2. The van der Waals surface area contributed by atoms with Crippen molar-refractivity contribution in [3.05, 3.63) is 76.7 Å². The summed E-state index contributed by atoms with van der Waals surface area (Å²) in [4.78, 5) is 20.5. The van der Waals surface area contributed by atoms with Gasteiger partial charge in [-0.05, 0) is 52.3 Å². The molecule has 0 spiro atoms. The van der Waals surface area contributed by atoms with Gasteiger partial charge in [-0.1, -0.05) is 12.1 Å². The molecule has 3 rings (SSSR count). The van der Waals surface area contributed by atoms with Crippen LogP contribution >= 0.6 is 15.9 Å². The first-order valence-electron chi connectivity index (χ1n) is 7.31. The normalized spacial score (nSPS) is 9.92. The molecule has 0 bridgehead atoms. The van der Waals surface area contributed by atoms with Gasteiger partial charge in [-0.15, -0.1) is 0 Å². The molecule has 0 fully saturated rings. The van der Waals surface area contributed by atoms with Crippen LogP contribution in [0.5, 0.6) is 0 Å². The van der Waals surface area contributed by atoms with Crippen LogP contribution in [0.3, 0.4) is 0 Å². The van der Waals surface area contributed by atoms with Gasteiger partial charge in [0.05, 0.1) is 17.3 Å². The number of carbonyl (C=O) groups is 1. The van der Waals surface area contributed by atoms with Crippen LogP contribution in [0.15, 0.2) is 65.4 Å². The molecule has 0 atom stereocenters. The number of nitriles is 1. The summed E-state index contributed by atoms with van der Waals surface area (Å²) in [5, 5.41) is 14.7. The van der Waals surface area contributed by atoms with Gasteiger partial charge >= 0.3 is 0 Å².